The van der Waals surface area contributed by atoms with Crippen molar-refractivity contribution in [1.82, 2.24) is 25.1 Å². The lowest BCUT2D eigenvalue weighted by molar-refractivity contribution is -0.120. The first-order valence-corrected chi connectivity index (χ1v) is 9.53. The molecule has 0 aliphatic heterocycles. The molecule has 0 aliphatic carbocycles. The van der Waals surface area contributed by atoms with Crippen molar-refractivity contribution in [3.05, 3.63) is 60.7 Å². The molecular weight excluding hydrogens is 401 g/mol. The van der Waals surface area contributed by atoms with Crippen molar-refractivity contribution in [2.24, 2.45) is 0 Å². The van der Waals surface area contributed by atoms with Crippen LogP contribution in [0.2, 0.25) is 0 Å². The summed E-state index contributed by atoms with van der Waals surface area (Å²) in [6.45, 7) is 0.442. The maximum absolute atomic E-state index is 14.2. The van der Waals surface area contributed by atoms with Crippen LogP contribution in [0.1, 0.15) is 6.42 Å². The molecule has 0 saturated carbocycles. The second-order valence-electron chi connectivity index (χ2n) is 6.75. The number of aromatic hydroxyl groups is 1. The molecule has 158 valence electrons. The normalized spacial score (nSPS) is 10.8. The molecule has 0 aliphatic rings. The maximum atomic E-state index is 14.2. The summed E-state index contributed by atoms with van der Waals surface area (Å²) < 4.78 is 15.9. The van der Waals surface area contributed by atoms with Gasteiger partial charge >= 0.3 is 0 Å². The third-order valence-electron chi connectivity index (χ3n) is 4.58. The maximum Gasteiger partial charge on any atom is 0.229 e. The van der Waals surface area contributed by atoms with E-state index in [1.165, 1.54) is 12.1 Å². The molecule has 2 aromatic carbocycles. The van der Waals surface area contributed by atoms with Crippen LogP contribution in [0, 0.1) is 5.82 Å². The van der Waals surface area contributed by atoms with Crippen LogP contribution in [0.4, 0.5) is 27.5 Å². The van der Waals surface area contributed by atoms with Crippen LogP contribution < -0.4 is 16.0 Å². The van der Waals surface area contributed by atoms with Crippen molar-refractivity contribution < 1.29 is 14.3 Å². The van der Waals surface area contributed by atoms with Crippen LogP contribution in [-0.4, -0.2) is 37.8 Å². The molecule has 0 saturated heterocycles. The third kappa shape index (κ3) is 4.69. The lowest BCUT2D eigenvalue weighted by Gasteiger charge is -2.10. The van der Waals surface area contributed by atoms with E-state index in [0.29, 0.717) is 24.3 Å². The molecule has 10 heteroatoms. The second-order valence-corrected chi connectivity index (χ2v) is 6.75. The van der Waals surface area contributed by atoms with Crippen molar-refractivity contribution >= 4 is 40.0 Å². The molecule has 1 amide bonds. The first-order chi connectivity index (χ1) is 15.0. The highest BCUT2D eigenvalue weighted by Gasteiger charge is 2.10. The van der Waals surface area contributed by atoms with E-state index in [4.69, 9.17) is 0 Å². The minimum atomic E-state index is -0.628. The van der Waals surface area contributed by atoms with Gasteiger partial charge in [-0.05, 0) is 30.3 Å². The highest BCUT2D eigenvalue weighted by molar-refractivity contribution is 5.83. The standard InChI is InChI=1S/C21H20FN7O2/c1-23-19(31)7-8-29-18-10-15(6-5-13(18)11-25-29)27-21-24-12-17(22)20(28-21)26-14-3-2-4-16(30)9-14/h2-6,9-12,30H,7-8H2,1H3,(H,23,31)(H2,24,26,27,28). The lowest BCUT2D eigenvalue weighted by Crippen LogP contribution is -2.19. The molecule has 4 N–H and O–H groups in total. The zero-order valence-electron chi connectivity index (χ0n) is 16.6. The molecule has 0 unspecified atom stereocenters. The van der Waals surface area contributed by atoms with Gasteiger partial charge < -0.3 is 21.1 Å². The molecule has 0 radical (unpaired) electrons. The fraction of sp³-hybridized carbons (Fsp3) is 0.143. The second kappa shape index (κ2) is 8.66. The molecule has 0 spiro atoms. The number of carbonyl (C=O) groups is 1. The third-order valence-corrected chi connectivity index (χ3v) is 4.58. The molecule has 2 aromatic heterocycles. The molecule has 0 bridgehead atoms. The number of anilines is 4. The number of rotatable bonds is 7. The van der Waals surface area contributed by atoms with Crippen LogP contribution in [0.3, 0.4) is 0 Å². The van der Waals surface area contributed by atoms with E-state index in [9.17, 15) is 14.3 Å². The van der Waals surface area contributed by atoms with E-state index >= 15 is 0 Å². The Morgan fingerprint density at radius 2 is 1.97 bits per heavy atom. The number of benzene rings is 2. The Balaban J connectivity index is 1.55. The van der Waals surface area contributed by atoms with E-state index in [-0.39, 0.29) is 23.4 Å². The zero-order valence-corrected chi connectivity index (χ0v) is 16.6. The number of phenols is 1. The van der Waals surface area contributed by atoms with Gasteiger partial charge in [-0.1, -0.05) is 6.07 Å². The summed E-state index contributed by atoms with van der Waals surface area (Å²) in [4.78, 5) is 19.7. The van der Waals surface area contributed by atoms with E-state index in [0.717, 1.165) is 17.1 Å². The molecule has 4 aromatic rings. The van der Waals surface area contributed by atoms with Gasteiger partial charge in [0.25, 0.3) is 0 Å². The lowest BCUT2D eigenvalue weighted by atomic mass is 10.2. The summed E-state index contributed by atoms with van der Waals surface area (Å²) in [7, 11) is 1.60. The first kappa shape index (κ1) is 20.1. The zero-order chi connectivity index (χ0) is 21.8. The topological polar surface area (TPSA) is 117 Å². The van der Waals surface area contributed by atoms with Gasteiger partial charge in [-0.15, -0.1) is 0 Å². The molecule has 2 heterocycles. The Morgan fingerprint density at radius 1 is 1.13 bits per heavy atom. The quantitative estimate of drug-likeness (QED) is 0.362. The number of nitrogens with zero attached hydrogens (tertiary/aromatic N) is 4. The van der Waals surface area contributed by atoms with E-state index in [1.54, 1.807) is 30.1 Å². The molecule has 9 nitrogen and oxygen atoms in total. The highest BCUT2D eigenvalue weighted by Crippen LogP contribution is 2.24. The Labute approximate surface area is 177 Å². The number of fused-ring (bicyclic) bond motifs is 1. The average Bonchev–Trinajstić information content (AvgIpc) is 3.16. The summed E-state index contributed by atoms with van der Waals surface area (Å²) >= 11 is 0. The van der Waals surface area contributed by atoms with Crippen LogP contribution in [0.15, 0.2) is 54.9 Å². The summed E-state index contributed by atoms with van der Waals surface area (Å²) in [5, 5.41) is 23.3. The van der Waals surface area contributed by atoms with Gasteiger partial charge in [0.2, 0.25) is 11.9 Å². The van der Waals surface area contributed by atoms with Gasteiger partial charge in [0.1, 0.15) is 5.75 Å². The van der Waals surface area contributed by atoms with Crippen molar-refractivity contribution in [1.29, 1.82) is 0 Å². The Kier molecular flexibility index (Phi) is 5.61. The summed E-state index contributed by atoms with van der Waals surface area (Å²) in [6, 6.07) is 11.9. The number of hydrogen-bond donors (Lipinski definition) is 4. The van der Waals surface area contributed by atoms with Gasteiger partial charge in [0.05, 0.1) is 24.5 Å². The molecule has 31 heavy (non-hydrogen) atoms. The number of carbonyl (C=O) groups excluding carboxylic acids is 1. The summed E-state index contributed by atoms with van der Waals surface area (Å²) in [6.07, 6.45) is 3.11. The highest BCUT2D eigenvalue weighted by atomic mass is 19.1. The largest absolute Gasteiger partial charge is 0.508 e. The van der Waals surface area contributed by atoms with Gasteiger partial charge in [0, 0.05) is 36.3 Å². The van der Waals surface area contributed by atoms with Crippen LogP contribution in [-0.2, 0) is 11.3 Å². The molecule has 0 atom stereocenters. The minimum Gasteiger partial charge on any atom is -0.508 e. The number of aromatic nitrogens is 4. The van der Waals surface area contributed by atoms with Crippen molar-refractivity contribution in [3.8, 4) is 5.75 Å². The minimum absolute atomic E-state index is 0.0280. The van der Waals surface area contributed by atoms with Gasteiger partial charge in [0.15, 0.2) is 11.6 Å². The fourth-order valence-corrected chi connectivity index (χ4v) is 3.02. The van der Waals surface area contributed by atoms with Gasteiger partial charge in [-0.2, -0.15) is 10.1 Å². The average molecular weight is 421 g/mol. The molecule has 0 fully saturated rings. The Hall–Kier alpha value is -4.21. The smallest absolute Gasteiger partial charge is 0.229 e. The number of halogens is 1. The monoisotopic (exact) mass is 421 g/mol. The fourth-order valence-electron chi connectivity index (χ4n) is 3.02. The van der Waals surface area contributed by atoms with Crippen molar-refractivity contribution in [3.63, 3.8) is 0 Å². The van der Waals surface area contributed by atoms with Gasteiger partial charge in [-0.3, -0.25) is 9.48 Å². The van der Waals surface area contributed by atoms with Crippen LogP contribution >= 0.6 is 0 Å². The van der Waals surface area contributed by atoms with E-state index in [1.807, 2.05) is 18.2 Å². The number of phenolic OH excluding ortho intramolecular Hbond substituents is 1. The Bertz CT molecular complexity index is 1240. The Morgan fingerprint density at radius 3 is 2.77 bits per heavy atom. The molecular formula is C21H20FN7O2. The number of hydrogen-bond acceptors (Lipinski definition) is 7. The van der Waals surface area contributed by atoms with E-state index < -0.39 is 5.82 Å². The summed E-state index contributed by atoms with van der Waals surface area (Å²) in [5.41, 5.74) is 2.02. The van der Waals surface area contributed by atoms with E-state index in [2.05, 4.69) is 31.0 Å². The van der Waals surface area contributed by atoms with Gasteiger partial charge in [-0.25, -0.2) is 9.37 Å². The summed E-state index contributed by atoms with van der Waals surface area (Å²) in [5.74, 6) is -0.472. The first-order valence-electron chi connectivity index (χ1n) is 9.53. The predicted molar refractivity (Wildman–Crippen MR) is 115 cm³/mol. The number of aryl methyl sites for hydroxylation is 1. The van der Waals surface area contributed by atoms with Crippen LogP contribution in [0.25, 0.3) is 10.9 Å². The SMILES string of the molecule is CNC(=O)CCn1ncc2ccc(Nc3ncc(F)c(Nc4cccc(O)c4)n3)cc21. The van der Waals surface area contributed by atoms with Crippen molar-refractivity contribution in [2.45, 2.75) is 13.0 Å². The number of amides is 1. The molecule has 4 rings (SSSR count). The number of nitrogens with one attached hydrogen (secondary N) is 3. The van der Waals surface area contributed by atoms with Crippen molar-refractivity contribution in [2.75, 3.05) is 17.7 Å². The van der Waals surface area contributed by atoms with Crippen LogP contribution in [0.5, 0.6) is 5.75 Å². The predicted octanol–water partition coefficient (Wildman–Crippen LogP) is 3.29.